The molecule has 0 saturated carbocycles. The molecule has 0 aliphatic carbocycles. The fourth-order valence-electron chi connectivity index (χ4n) is 4.77. The Morgan fingerprint density at radius 3 is 2.83 bits per heavy atom. The van der Waals surface area contributed by atoms with Gasteiger partial charge in [0.1, 0.15) is 23.5 Å². The normalized spacial score (nSPS) is 20.9. The van der Waals surface area contributed by atoms with Gasteiger partial charge in [0.05, 0.1) is 12.1 Å². The largest absolute Gasteiger partial charge is 0.488 e. The molecule has 2 atom stereocenters. The fraction of sp³-hybridized carbons (Fsp3) is 0.444. The molecule has 2 aliphatic heterocycles. The third-order valence-electron chi connectivity index (χ3n) is 6.35. The molecule has 0 unspecified atom stereocenters. The van der Waals surface area contributed by atoms with Crippen molar-refractivity contribution >= 4 is 22.9 Å². The number of hydrogen-bond donors (Lipinski definition) is 1. The number of carbonyl (C=O) groups is 2. The van der Waals surface area contributed by atoms with Crippen LogP contribution in [0.25, 0.3) is 22.0 Å². The average Bonchev–Trinajstić information content (AvgIpc) is 3.41. The van der Waals surface area contributed by atoms with Gasteiger partial charge in [0.25, 0.3) is 0 Å². The van der Waals surface area contributed by atoms with E-state index in [1.165, 1.54) is 4.90 Å². The van der Waals surface area contributed by atoms with Gasteiger partial charge in [0, 0.05) is 31.1 Å². The van der Waals surface area contributed by atoms with Crippen molar-refractivity contribution < 1.29 is 19.1 Å². The number of ether oxygens (including phenoxy) is 2. The van der Waals surface area contributed by atoms with Crippen molar-refractivity contribution in [1.82, 2.24) is 20.0 Å². The van der Waals surface area contributed by atoms with Gasteiger partial charge in [-0.3, -0.25) is 14.4 Å². The van der Waals surface area contributed by atoms with Crippen LogP contribution in [0.4, 0.5) is 4.79 Å². The van der Waals surface area contributed by atoms with Gasteiger partial charge in [-0.1, -0.05) is 24.3 Å². The van der Waals surface area contributed by atoms with Crippen LogP contribution in [0, 0.1) is 0 Å². The molecule has 35 heavy (non-hydrogen) atoms. The van der Waals surface area contributed by atoms with Gasteiger partial charge in [-0.05, 0) is 62.9 Å². The van der Waals surface area contributed by atoms with Crippen LogP contribution in [0.2, 0.25) is 0 Å². The summed E-state index contributed by atoms with van der Waals surface area (Å²) in [4.78, 5) is 27.5. The molecule has 3 heterocycles. The molecule has 5 rings (SSSR count). The Balaban J connectivity index is 1.47. The fourth-order valence-corrected chi connectivity index (χ4v) is 4.77. The SMILES string of the molecule is CC(C)(C)OC(=O)N1C[C@@H]2C[C@H]1C(=O)NCCCCn1cc3c(cccc3n1)-c1cccc(c1)O2. The van der Waals surface area contributed by atoms with Gasteiger partial charge < -0.3 is 14.8 Å². The van der Waals surface area contributed by atoms with Gasteiger partial charge in [0.2, 0.25) is 5.91 Å². The Bertz CT molecular complexity index is 1250. The summed E-state index contributed by atoms with van der Waals surface area (Å²) in [5, 5.41) is 8.83. The number of nitrogens with zero attached hydrogens (tertiary/aromatic N) is 3. The minimum Gasteiger partial charge on any atom is -0.488 e. The lowest BCUT2D eigenvalue weighted by Crippen LogP contribution is -2.47. The van der Waals surface area contributed by atoms with Crippen LogP contribution < -0.4 is 10.1 Å². The van der Waals surface area contributed by atoms with E-state index in [4.69, 9.17) is 14.6 Å². The van der Waals surface area contributed by atoms with E-state index in [-0.39, 0.29) is 12.0 Å². The van der Waals surface area contributed by atoms with E-state index >= 15 is 0 Å². The summed E-state index contributed by atoms with van der Waals surface area (Å²) in [5.41, 5.74) is 2.44. The molecule has 0 radical (unpaired) electrons. The number of benzene rings is 2. The summed E-state index contributed by atoms with van der Waals surface area (Å²) < 4.78 is 13.9. The topological polar surface area (TPSA) is 85.7 Å². The first-order valence-corrected chi connectivity index (χ1v) is 12.3. The maximum absolute atomic E-state index is 13.1. The number of amides is 2. The number of carbonyl (C=O) groups excluding carboxylic acids is 2. The van der Waals surface area contributed by atoms with Crippen LogP contribution in [-0.2, 0) is 16.1 Å². The lowest BCUT2D eigenvalue weighted by atomic mass is 10.0. The van der Waals surface area contributed by atoms with Gasteiger partial charge in [-0.25, -0.2) is 4.79 Å². The maximum atomic E-state index is 13.1. The summed E-state index contributed by atoms with van der Waals surface area (Å²) in [6, 6.07) is 13.5. The average molecular weight is 477 g/mol. The number of aromatic nitrogens is 2. The van der Waals surface area contributed by atoms with Crippen molar-refractivity contribution in [2.75, 3.05) is 13.1 Å². The van der Waals surface area contributed by atoms with E-state index in [1.807, 2.05) is 55.8 Å². The van der Waals surface area contributed by atoms with Gasteiger partial charge in [-0.15, -0.1) is 0 Å². The first kappa shape index (κ1) is 23.2. The van der Waals surface area contributed by atoms with E-state index in [0.29, 0.717) is 25.3 Å². The Kier molecular flexibility index (Phi) is 6.13. The molecule has 1 saturated heterocycles. The first-order chi connectivity index (χ1) is 16.8. The zero-order valence-corrected chi connectivity index (χ0v) is 20.5. The molecule has 184 valence electrons. The van der Waals surface area contributed by atoms with E-state index < -0.39 is 17.7 Å². The minimum atomic E-state index is -0.647. The second kappa shape index (κ2) is 9.24. The molecule has 2 aromatic carbocycles. The van der Waals surface area contributed by atoms with Crippen molar-refractivity contribution in [2.24, 2.45) is 0 Å². The van der Waals surface area contributed by atoms with Crippen LogP contribution in [0.15, 0.2) is 48.7 Å². The lowest BCUT2D eigenvalue weighted by molar-refractivity contribution is -0.125. The molecule has 8 nitrogen and oxygen atoms in total. The Hall–Kier alpha value is -3.55. The molecule has 2 amide bonds. The highest BCUT2D eigenvalue weighted by molar-refractivity contribution is 5.94. The summed E-state index contributed by atoms with van der Waals surface area (Å²) in [6.07, 6.45) is 3.39. The van der Waals surface area contributed by atoms with Gasteiger partial charge in [0.15, 0.2) is 0 Å². The van der Waals surface area contributed by atoms with Crippen LogP contribution in [0.5, 0.6) is 5.75 Å². The first-order valence-electron chi connectivity index (χ1n) is 12.3. The zero-order valence-electron chi connectivity index (χ0n) is 20.5. The van der Waals surface area contributed by atoms with Gasteiger partial charge >= 0.3 is 6.09 Å². The van der Waals surface area contributed by atoms with Crippen molar-refractivity contribution in [3.63, 3.8) is 0 Å². The highest BCUT2D eigenvalue weighted by Crippen LogP contribution is 2.32. The van der Waals surface area contributed by atoms with Crippen molar-refractivity contribution in [3.05, 3.63) is 48.7 Å². The smallest absolute Gasteiger partial charge is 0.411 e. The Morgan fingerprint density at radius 1 is 1.17 bits per heavy atom. The van der Waals surface area contributed by atoms with Crippen LogP contribution in [0.1, 0.15) is 40.0 Å². The molecular formula is C27H32N4O4. The van der Waals surface area contributed by atoms with Crippen LogP contribution in [0.3, 0.4) is 0 Å². The molecule has 1 N–H and O–H groups in total. The van der Waals surface area contributed by atoms with E-state index in [1.54, 1.807) is 0 Å². The molecule has 3 aromatic rings. The third-order valence-corrected chi connectivity index (χ3v) is 6.35. The quantitative estimate of drug-likeness (QED) is 0.521. The van der Waals surface area contributed by atoms with Crippen molar-refractivity contribution in [3.8, 4) is 16.9 Å². The number of nitrogens with one attached hydrogen (secondary N) is 1. The number of fused-ring (bicyclic) bond motifs is 6. The van der Waals surface area contributed by atoms with Crippen LogP contribution >= 0.6 is 0 Å². The summed E-state index contributed by atoms with van der Waals surface area (Å²) in [5.74, 6) is 0.528. The standard InChI is InChI=1S/C27H32N4O4/c1-27(2,3)35-26(33)31-16-20-15-24(31)25(32)28-12-4-5-13-30-17-22-21(10-7-11-23(22)29-30)18-8-6-9-19(14-18)34-20/h6-11,14,17,20,24H,4-5,12-13,15-16H2,1-3H3,(H,28,32)/t20-,24-/m0/s1. The van der Waals surface area contributed by atoms with Crippen molar-refractivity contribution in [2.45, 2.75) is 64.3 Å². The highest BCUT2D eigenvalue weighted by atomic mass is 16.6. The van der Waals surface area contributed by atoms with Crippen molar-refractivity contribution in [1.29, 1.82) is 0 Å². The number of rotatable bonds is 0. The predicted molar refractivity (Wildman–Crippen MR) is 133 cm³/mol. The number of likely N-dealkylation sites (tertiary alicyclic amines) is 1. The second-order valence-corrected chi connectivity index (χ2v) is 10.3. The van der Waals surface area contributed by atoms with E-state index in [9.17, 15) is 9.59 Å². The highest BCUT2D eigenvalue weighted by Gasteiger charge is 2.42. The summed E-state index contributed by atoms with van der Waals surface area (Å²) in [7, 11) is 0. The summed E-state index contributed by atoms with van der Waals surface area (Å²) in [6.45, 7) is 7.06. The van der Waals surface area contributed by atoms with Crippen LogP contribution in [-0.4, -0.2) is 57.5 Å². The van der Waals surface area contributed by atoms with Gasteiger partial charge in [-0.2, -0.15) is 5.10 Å². The molecule has 1 aromatic heterocycles. The maximum Gasteiger partial charge on any atom is 0.411 e. The molecule has 6 bridgehead atoms. The third kappa shape index (κ3) is 5.11. The monoisotopic (exact) mass is 476 g/mol. The zero-order chi connectivity index (χ0) is 24.6. The molecule has 1 fully saturated rings. The second-order valence-electron chi connectivity index (χ2n) is 10.3. The number of aryl methyl sites for hydroxylation is 1. The Morgan fingerprint density at radius 2 is 2.00 bits per heavy atom. The Labute approximate surface area is 205 Å². The number of hydrogen-bond acceptors (Lipinski definition) is 5. The lowest BCUT2D eigenvalue weighted by Gasteiger charge is -2.27. The molecular weight excluding hydrogens is 444 g/mol. The summed E-state index contributed by atoms with van der Waals surface area (Å²) >= 11 is 0. The van der Waals surface area contributed by atoms with E-state index in [0.717, 1.165) is 41.4 Å². The molecule has 0 spiro atoms. The molecule has 8 heteroatoms. The minimum absolute atomic E-state index is 0.173. The van der Waals surface area contributed by atoms with E-state index in [2.05, 4.69) is 23.6 Å². The predicted octanol–water partition coefficient (Wildman–Crippen LogP) is 4.37. The molecule has 2 aliphatic rings.